The average Bonchev–Trinajstić information content (AvgIpc) is 3.38. The lowest BCUT2D eigenvalue weighted by atomic mass is 10.1. The predicted octanol–water partition coefficient (Wildman–Crippen LogP) is 4.01. The normalized spacial score (nSPS) is 14.0. The van der Waals surface area contributed by atoms with E-state index >= 15 is 0 Å². The fourth-order valence-corrected chi connectivity index (χ4v) is 4.22. The van der Waals surface area contributed by atoms with Crippen molar-refractivity contribution in [3.63, 3.8) is 0 Å². The number of carbonyl (C=O) groups excluding carboxylic acids is 1. The molecule has 1 aliphatic heterocycles. The lowest BCUT2D eigenvalue weighted by molar-refractivity contribution is -0.192. The zero-order valence-corrected chi connectivity index (χ0v) is 20.7. The number of carbonyl (C=O) groups is 2. The Balaban J connectivity index is 0.000000448. The maximum Gasteiger partial charge on any atom is 0.490 e. The van der Waals surface area contributed by atoms with E-state index in [0.717, 1.165) is 43.8 Å². The Kier molecular flexibility index (Phi) is 8.47. The molecular weight excluding hydrogens is 515 g/mol. The highest BCUT2D eigenvalue weighted by atomic mass is 19.4. The first-order valence-corrected chi connectivity index (χ1v) is 12.0. The molecule has 3 N–H and O–H groups in total. The number of halogens is 3. The predicted molar refractivity (Wildman–Crippen MR) is 138 cm³/mol. The number of anilines is 1. The SMILES string of the molecule is NOC(=O)c1cccc2cn(-c3ccc(CN4CCN(c5ccccc5)CC4)cc3)nc12.O=C(O)C(F)(F)F. The Labute approximate surface area is 221 Å². The number of aromatic nitrogens is 2. The van der Waals surface area contributed by atoms with Crippen LogP contribution in [0.1, 0.15) is 15.9 Å². The number of aliphatic carboxylic acids is 1. The van der Waals surface area contributed by atoms with Crippen LogP contribution in [0.15, 0.2) is 79.0 Å². The van der Waals surface area contributed by atoms with Gasteiger partial charge < -0.3 is 14.8 Å². The first-order valence-electron chi connectivity index (χ1n) is 12.0. The Morgan fingerprint density at radius 1 is 0.897 bits per heavy atom. The average molecular weight is 542 g/mol. The van der Waals surface area contributed by atoms with Gasteiger partial charge in [0.15, 0.2) is 0 Å². The van der Waals surface area contributed by atoms with Crippen molar-refractivity contribution in [1.29, 1.82) is 0 Å². The van der Waals surface area contributed by atoms with Crippen molar-refractivity contribution in [1.82, 2.24) is 14.7 Å². The van der Waals surface area contributed by atoms with Crippen molar-refractivity contribution in [3.05, 3.63) is 90.1 Å². The quantitative estimate of drug-likeness (QED) is 0.365. The number of hydrogen-bond donors (Lipinski definition) is 2. The number of nitrogens with zero attached hydrogens (tertiary/aromatic N) is 4. The second-order valence-electron chi connectivity index (χ2n) is 8.79. The summed E-state index contributed by atoms with van der Waals surface area (Å²) in [6, 6.07) is 24.4. The van der Waals surface area contributed by atoms with E-state index in [0.29, 0.717) is 11.1 Å². The molecule has 39 heavy (non-hydrogen) atoms. The van der Waals surface area contributed by atoms with Gasteiger partial charge in [-0.3, -0.25) is 4.90 Å². The van der Waals surface area contributed by atoms with E-state index in [2.05, 4.69) is 74.3 Å². The van der Waals surface area contributed by atoms with E-state index in [4.69, 9.17) is 15.8 Å². The molecule has 204 valence electrons. The van der Waals surface area contributed by atoms with Gasteiger partial charge in [-0.05, 0) is 35.9 Å². The summed E-state index contributed by atoms with van der Waals surface area (Å²) in [5.74, 6) is 1.70. The van der Waals surface area contributed by atoms with Gasteiger partial charge in [-0.2, -0.15) is 24.2 Å². The van der Waals surface area contributed by atoms with Crippen molar-refractivity contribution in [2.24, 2.45) is 5.90 Å². The minimum Gasteiger partial charge on any atom is -0.475 e. The van der Waals surface area contributed by atoms with Crippen molar-refractivity contribution in [3.8, 4) is 5.69 Å². The van der Waals surface area contributed by atoms with E-state index in [1.807, 2.05) is 12.3 Å². The summed E-state index contributed by atoms with van der Waals surface area (Å²) in [4.78, 5) is 30.1. The Morgan fingerprint density at radius 2 is 1.54 bits per heavy atom. The van der Waals surface area contributed by atoms with E-state index in [-0.39, 0.29) is 0 Å². The molecule has 5 rings (SSSR count). The van der Waals surface area contributed by atoms with E-state index in [1.54, 1.807) is 16.8 Å². The summed E-state index contributed by atoms with van der Waals surface area (Å²) in [6.07, 6.45) is -3.18. The molecule has 9 nitrogen and oxygen atoms in total. The molecule has 1 saturated heterocycles. The number of nitrogens with two attached hydrogens (primary N) is 1. The molecule has 12 heteroatoms. The molecular formula is C27H26F3N5O4. The molecule has 1 aromatic heterocycles. The van der Waals surface area contributed by atoms with Gasteiger partial charge in [-0.15, -0.1) is 0 Å². The molecule has 0 amide bonds. The van der Waals surface area contributed by atoms with Crippen molar-refractivity contribution < 1.29 is 32.7 Å². The van der Waals surface area contributed by atoms with Crippen LogP contribution in [0.4, 0.5) is 18.9 Å². The maximum absolute atomic E-state index is 11.9. The van der Waals surface area contributed by atoms with Crippen LogP contribution < -0.4 is 10.8 Å². The number of carboxylic acids is 1. The Morgan fingerprint density at radius 3 is 2.13 bits per heavy atom. The Bertz CT molecular complexity index is 1420. The monoisotopic (exact) mass is 541 g/mol. The number of benzene rings is 3. The fraction of sp³-hybridized carbons (Fsp3) is 0.222. The van der Waals surface area contributed by atoms with E-state index in [9.17, 15) is 18.0 Å². The third kappa shape index (κ3) is 6.92. The van der Waals surface area contributed by atoms with Gasteiger partial charge in [-0.25, -0.2) is 14.3 Å². The minimum atomic E-state index is -5.08. The molecule has 0 spiro atoms. The molecule has 3 aromatic carbocycles. The van der Waals surface area contributed by atoms with Crippen molar-refractivity contribution in [2.45, 2.75) is 12.7 Å². The van der Waals surface area contributed by atoms with Crippen LogP contribution in [-0.4, -0.2) is 64.1 Å². The maximum atomic E-state index is 11.9. The summed E-state index contributed by atoms with van der Waals surface area (Å²) in [6.45, 7) is 5.09. The van der Waals surface area contributed by atoms with E-state index in [1.165, 1.54) is 11.3 Å². The number of rotatable bonds is 5. The first-order chi connectivity index (χ1) is 18.7. The number of para-hydroxylation sites is 1. The molecule has 0 atom stereocenters. The van der Waals surface area contributed by atoms with Gasteiger partial charge in [0.1, 0.15) is 5.52 Å². The van der Waals surface area contributed by atoms with Crippen LogP contribution in [0, 0.1) is 0 Å². The van der Waals surface area contributed by atoms with Gasteiger partial charge in [0.2, 0.25) is 0 Å². The number of piperazine rings is 1. The highest BCUT2D eigenvalue weighted by Gasteiger charge is 2.38. The standard InChI is InChI=1S/C25H25N5O2.C2HF3O2/c26-32-25(31)23-8-4-5-20-18-30(27-24(20)23)22-11-9-19(10-12-22)17-28-13-15-29(16-14-28)21-6-2-1-3-7-21;3-2(4,5)1(6)7/h1-12,18H,13-17,26H2;(H,6,7). The van der Waals surface area contributed by atoms with Gasteiger partial charge in [0.05, 0.1) is 11.3 Å². The third-order valence-electron chi connectivity index (χ3n) is 6.21. The summed E-state index contributed by atoms with van der Waals surface area (Å²) in [7, 11) is 0. The number of hydrogen-bond acceptors (Lipinski definition) is 7. The fourth-order valence-electron chi connectivity index (χ4n) is 4.22. The highest BCUT2D eigenvalue weighted by molar-refractivity contribution is 6.02. The number of carboxylic acid groups (broad SMARTS) is 1. The molecule has 0 saturated carbocycles. The molecule has 4 aromatic rings. The van der Waals surface area contributed by atoms with Crippen LogP contribution in [0.3, 0.4) is 0 Å². The minimum absolute atomic E-state index is 0.356. The molecule has 1 aliphatic rings. The second-order valence-corrected chi connectivity index (χ2v) is 8.79. The molecule has 1 fully saturated rings. The largest absolute Gasteiger partial charge is 0.490 e. The van der Waals surface area contributed by atoms with Crippen LogP contribution in [-0.2, 0) is 16.2 Å². The van der Waals surface area contributed by atoms with Gasteiger partial charge in [0, 0.05) is 50.0 Å². The summed E-state index contributed by atoms with van der Waals surface area (Å²) >= 11 is 0. The van der Waals surface area contributed by atoms with Crippen LogP contribution >= 0.6 is 0 Å². The van der Waals surface area contributed by atoms with Crippen LogP contribution in [0.2, 0.25) is 0 Å². The molecule has 0 radical (unpaired) electrons. The van der Waals surface area contributed by atoms with Crippen molar-refractivity contribution in [2.75, 3.05) is 31.1 Å². The van der Waals surface area contributed by atoms with Gasteiger partial charge in [-0.1, -0.05) is 42.5 Å². The number of fused-ring (bicyclic) bond motifs is 1. The molecule has 0 bridgehead atoms. The zero-order chi connectivity index (χ0) is 28.0. The topological polar surface area (TPSA) is 114 Å². The third-order valence-corrected chi connectivity index (χ3v) is 6.21. The summed E-state index contributed by atoms with van der Waals surface area (Å²) in [5, 5.41) is 12.6. The first kappa shape index (κ1) is 27.6. The van der Waals surface area contributed by atoms with Gasteiger partial charge in [0.25, 0.3) is 0 Å². The lowest BCUT2D eigenvalue weighted by Gasteiger charge is -2.36. The van der Waals surface area contributed by atoms with Gasteiger partial charge >= 0.3 is 18.1 Å². The van der Waals surface area contributed by atoms with Crippen LogP contribution in [0.25, 0.3) is 16.6 Å². The number of alkyl halides is 3. The summed E-state index contributed by atoms with van der Waals surface area (Å²) in [5.41, 5.74) is 4.43. The van der Waals surface area contributed by atoms with Crippen molar-refractivity contribution >= 4 is 28.5 Å². The zero-order valence-electron chi connectivity index (χ0n) is 20.7. The highest BCUT2D eigenvalue weighted by Crippen LogP contribution is 2.21. The molecule has 2 heterocycles. The second kappa shape index (κ2) is 12.0. The van der Waals surface area contributed by atoms with Crippen LogP contribution in [0.5, 0.6) is 0 Å². The van der Waals surface area contributed by atoms with E-state index < -0.39 is 18.1 Å². The molecule has 0 unspecified atom stereocenters. The smallest absolute Gasteiger partial charge is 0.475 e. The Hall–Kier alpha value is -4.42. The lowest BCUT2D eigenvalue weighted by Crippen LogP contribution is -2.45. The molecule has 0 aliphatic carbocycles. The summed E-state index contributed by atoms with van der Waals surface area (Å²) < 4.78 is 33.5.